The second kappa shape index (κ2) is 9.28. The predicted molar refractivity (Wildman–Crippen MR) is 125 cm³/mol. The SMILES string of the molecule is CC(C)[C@H](NC(=O)C(F)(F)F)C(=O)N1C[C@H]2[C@@H]([C@H]1C(=O)NC(C#N)c1nncc3ccccc13)C2(C)C. The van der Waals surface area contributed by atoms with E-state index >= 15 is 0 Å². The number of fused-ring (bicyclic) bond motifs is 2. The molecule has 2 aliphatic rings. The second-order valence-electron chi connectivity index (χ2n) is 10.5. The summed E-state index contributed by atoms with van der Waals surface area (Å²) < 4.78 is 38.7. The Hall–Kier alpha value is -3.75. The molecule has 2 aromatic rings. The number of hydrogen-bond acceptors (Lipinski definition) is 6. The van der Waals surface area contributed by atoms with Crippen LogP contribution in [0.4, 0.5) is 13.2 Å². The van der Waals surface area contributed by atoms with E-state index in [2.05, 4.69) is 15.5 Å². The third-order valence-electron chi connectivity index (χ3n) is 7.53. The van der Waals surface area contributed by atoms with Crippen molar-refractivity contribution in [1.29, 1.82) is 5.26 Å². The number of nitrogens with zero attached hydrogens (tertiary/aromatic N) is 4. The summed E-state index contributed by atoms with van der Waals surface area (Å²) in [4.78, 5) is 39.8. The van der Waals surface area contributed by atoms with Crippen LogP contribution in [0.15, 0.2) is 30.5 Å². The van der Waals surface area contributed by atoms with E-state index in [4.69, 9.17) is 0 Å². The van der Waals surface area contributed by atoms with Crippen molar-refractivity contribution in [3.8, 4) is 6.07 Å². The molecule has 1 aliphatic heterocycles. The first kappa shape index (κ1) is 26.3. The first-order valence-electron chi connectivity index (χ1n) is 11.9. The number of nitrogens with one attached hydrogen (secondary N) is 2. The normalized spacial score (nSPS) is 23.6. The minimum Gasteiger partial charge on any atom is -0.336 e. The highest BCUT2D eigenvalue weighted by molar-refractivity contribution is 5.95. The van der Waals surface area contributed by atoms with Gasteiger partial charge < -0.3 is 15.5 Å². The molecule has 1 aliphatic carbocycles. The molecule has 2 heterocycles. The minimum absolute atomic E-state index is 0.0452. The summed E-state index contributed by atoms with van der Waals surface area (Å²) in [5.41, 5.74) is -0.0307. The highest BCUT2D eigenvalue weighted by Crippen LogP contribution is 2.65. The number of alkyl halides is 3. The molecule has 0 bridgehead atoms. The summed E-state index contributed by atoms with van der Waals surface area (Å²) in [5.74, 6) is -4.56. The topological polar surface area (TPSA) is 128 Å². The summed E-state index contributed by atoms with van der Waals surface area (Å²) in [6.07, 6.45) is -3.62. The lowest BCUT2D eigenvalue weighted by Gasteiger charge is -2.34. The Morgan fingerprint density at radius 1 is 1.19 bits per heavy atom. The van der Waals surface area contributed by atoms with Gasteiger partial charge in [0.25, 0.3) is 0 Å². The van der Waals surface area contributed by atoms with Crippen LogP contribution >= 0.6 is 0 Å². The molecule has 196 valence electrons. The number of piperidine rings is 1. The molecule has 1 aromatic carbocycles. The fourth-order valence-electron chi connectivity index (χ4n) is 5.38. The lowest BCUT2D eigenvalue weighted by atomic mass is 9.97. The summed E-state index contributed by atoms with van der Waals surface area (Å²) >= 11 is 0. The van der Waals surface area contributed by atoms with Gasteiger partial charge in [-0.1, -0.05) is 52.0 Å². The lowest BCUT2D eigenvalue weighted by Crippen LogP contribution is -2.58. The van der Waals surface area contributed by atoms with Gasteiger partial charge in [0, 0.05) is 17.3 Å². The summed E-state index contributed by atoms with van der Waals surface area (Å²) in [7, 11) is 0. The zero-order chi connectivity index (χ0) is 27.3. The van der Waals surface area contributed by atoms with E-state index in [1.54, 1.807) is 29.6 Å². The average molecular weight is 517 g/mol. The average Bonchev–Trinajstić information content (AvgIpc) is 3.17. The van der Waals surface area contributed by atoms with Crippen molar-refractivity contribution < 1.29 is 27.6 Å². The van der Waals surface area contributed by atoms with Crippen LogP contribution in [0.2, 0.25) is 0 Å². The summed E-state index contributed by atoms with van der Waals surface area (Å²) in [6, 6.07) is 5.46. The Morgan fingerprint density at radius 3 is 2.49 bits per heavy atom. The van der Waals surface area contributed by atoms with Gasteiger partial charge in [0.1, 0.15) is 17.8 Å². The minimum atomic E-state index is -5.15. The van der Waals surface area contributed by atoms with Crippen molar-refractivity contribution in [2.75, 3.05) is 6.54 Å². The number of carbonyl (C=O) groups is 3. The highest BCUT2D eigenvalue weighted by atomic mass is 19.4. The van der Waals surface area contributed by atoms with E-state index in [0.717, 1.165) is 5.39 Å². The molecular weight excluding hydrogens is 489 g/mol. The lowest BCUT2D eigenvalue weighted by molar-refractivity contribution is -0.175. The number of halogens is 3. The van der Waals surface area contributed by atoms with Gasteiger partial charge in [0.15, 0.2) is 6.04 Å². The molecule has 0 radical (unpaired) electrons. The number of rotatable bonds is 6. The molecule has 1 saturated carbocycles. The number of amides is 3. The van der Waals surface area contributed by atoms with E-state index in [0.29, 0.717) is 5.39 Å². The van der Waals surface area contributed by atoms with Gasteiger partial charge in [0.05, 0.1) is 12.3 Å². The predicted octanol–water partition coefficient (Wildman–Crippen LogP) is 2.50. The van der Waals surface area contributed by atoms with Gasteiger partial charge in [0.2, 0.25) is 11.8 Å². The molecule has 37 heavy (non-hydrogen) atoms. The molecule has 1 aromatic heterocycles. The molecule has 4 rings (SSSR count). The molecular formula is C25H27F3N6O3. The van der Waals surface area contributed by atoms with Crippen LogP contribution in [-0.4, -0.2) is 57.6 Å². The third-order valence-corrected chi connectivity index (χ3v) is 7.53. The van der Waals surface area contributed by atoms with Crippen LogP contribution in [0.25, 0.3) is 10.8 Å². The largest absolute Gasteiger partial charge is 0.471 e. The van der Waals surface area contributed by atoms with Gasteiger partial charge in [-0.3, -0.25) is 14.4 Å². The molecule has 0 spiro atoms. The second-order valence-corrected chi connectivity index (χ2v) is 10.5. The maximum atomic E-state index is 13.6. The van der Waals surface area contributed by atoms with Crippen LogP contribution in [0.5, 0.6) is 0 Å². The number of likely N-dealkylation sites (tertiary alicyclic amines) is 1. The van der Waals surface area contributed by atoms with Gasteiger partial charge in [-0.2, -0.15) is 28.6 Å². The zero-order valence-electron chi connectivity index (χ0n) is 20.7. The Morgan fingerprint density at radius 2 is 1.86 bits per heavy atom. The van der Waals surface area contributed by atoms with E-state index in [1.165, 1.54) is 24.9 Å². The van der Waals surface area contributed by atoms with Crippen LogP contribution in [0.3, 0.4) is 0 Å². The Labute approximate surface area is 211 Å². The first-order chi connectivity index (χ1) is 17.3. The first-order valence-corrected chi connectivity index (χ1v) is 11.9. The van der Waals surface area contributed by atoms with Crippen LogP contribution in [0.1, 0.15) is 39.4 Å². The standard InChI is InChI=1S/C25H27F3N6O3/c1-12(2)18(32-23(37)25(26,27)28)22(36)34-11-15-17(24(15,3)4)20(34)21(35)31-16(9-29)19-14-8-6-5-7-13(14)10-30-33-19/h5-8,10,12,15-18,20H,11H2,1-4H3,(H,31,35)(H,32,37)/t15-,16?,17-,18-,20-/m0/s1. The molecule has 2 N–H and O–H groups in total. The van der Waals surface area contributed by atoms with Crippen LogP contribution in [-0.2, 0) is 14.4 Å². The van der Waals surface area contributed by atoms with Crippen LogP contribution in [0, 0.1) is 34.5 Å². The number of hydrogen-bond donors (Lipinski definition) is 2. The quantitative estimate of drug-likeness (QED) is 0.607. The van der Waals surface area contributed by atoms with Crippen molar-refractivity contribution in [3.05, 3.63) is 36.2 Å². The molecule has 1 unspecified atom stereocenters. The number of carbonyl (C=O) groups excluding carboxylic acids is 3. The summed E-state index contributed by atoms with van der Waals surface area (Å²) in [6.45, 7) is 7.09. The third kappa shape index (κ3) is 4.70. The Bertz CT molecular complexity index is 1280. The number of aromatic nitrogens is 2. The Balaban J connectivity index is 1.61. The molecule has 9 nitrogen and oxygen atoms in total. The van der Waals surface area contributed by atoms with Gasteiger partial charge >= 0.3 is 12.1 Å². The number of nitriles is 1. The van der Waals surface area contributed by atoms with E-state index in [1.807, 2.05) is 19.9 Å². The van der Waals surface area contributed by atoms with E-state index < -0.39 is 47.9 Å². The number of benzene rings is 1. The molecule has 3 amide bonds. The maximum Gasteiger partial charge on any atom is 0.471 e. The monoisotopic (exact) mass is 516 g/mol. The smallest absolute Gasteiger partial charge is 0.336 e. The fourth-order valence-corrected chi connectivity index (χ4v) is 5.38. The molecule has 1 saturated heterocycles. The highest BCUT2D eigenvalue weighted by Gasteiger charge is 2.69. The van der Waals surface area contributed by atoms with Crippen molar-refractivity contribution >= 4 is 28.5 Å². The Kier molecular flexibility index (Phi) is 6.60. The zero-order valence-corrected chi connectivity index (χ0v) is 20.7. The van der Waals surface area contributed by atoms with Gasteiger partial charge in [-0.05, 0) is 23.2 Å². The molecule has 2 fully saturated rings. The van der Waals surface area contributed by atoms with Gasteiger partial charge in [-0.15, -0.1) is 0 Å². The van der Waals surface area contributed by atoms with Crippen LogP contribution < -0.4 is 10.6 Å². The maximum absolute atomic E-state index is 13.6. The van der Waals surface area contributed by atoms with Crippen molar-refractivity contribution in [1.82, 2.24) is 25.7 Å². The fraction of sp³-hybridized carbons (Fsp3) is 0.520. The summed E-state index contributed by atoms with van der Waals surface area (Å²) in [5, 5.41) is 23.6. The molecule has 12 heteroatoms. The van der Waals surface area contributed by atoms with E-state index in [-0.39, 0.29) is 29.5 Å². The van der Waals surface area contributed by atoms with Crippen molar-refractivity contribution in [2.45, 2.75) is 52.0 Å². The van der Waals surface area contributed by atoms with Gasteiger partial charge in [-0.25, -0.2) is 0 Å². The van der Waals surface area contributed by atoms with Crippen molar-refractivity contribution in [2.24, 2.45) is 23.2 Å². The van der Waals surface area contributed by atoms with E-state index in [9.17, 15) is 32.8 Å². The van der Waals surface area contributed by atoms with Crippen molar-refractivity contribution in [3.63, 3.8) is 0 Å². The molecule has 5 atom stereocenters.